The van der Waals surface area contributed by atoms with Crippen LogP contribution in [0.25, 0.3) is 0 Å². The molecular formula is C10H13N3OS. The van der Waals surface area contributed by atoms with Crippen molar-refractivity contribution >= 4 is 22.4 Å². The predicted octanol–water partition coefficient (Wildman–Crippen LogP) is 0.917. The highest BCUT2D eigenvalue weighted by molar-refractivity contribution is 7.15. The number of hydrogen-bond acceptors (Lipinski definition) is 4. The van der Waals surface area contributed by atoms with E-state index in [1.54, 1.807) is 11.3 Å². The highest BCUT2D eigenvalue weighted by Gasteiger charge is 2.40. The first-order chi connectivity index (χ1) is 7.24. The molecule has 0 radical (unpaired) electrons. The summed E-state index contributed by atoms with van der Waals surface area (Å²) in [7, 11) is 0. The van der Waals surface area contributed by atoms with E-state index in [4.69, 9.17) is 5.73 Å². The summed E-state index contributed by atoms with van der Waals surface area (Å²) in [5, 5.41) is 3.61. The van der Waals surface area contributed by atoms with Crippen LogP contribution in [-0.2, 0) is 17.6 Å². The molecule has 1 aromatic rings. The fourth-order valence-corrected chi connectivity index (χ4v) is 3.01. The Morgan fingerprint density at radius 3 is 3.00 bits per heavy atom. The number of carbonyl (C=O) groups is 1. The van der Waals surface area contributed by atoms with Gasteiger partial charge in [-0.2, -0.15) is 0 Å². The summed E-state index contributed by atoms with van der Waals surface area (Å²) in [4.78, 5) is 17.3. The number of anilines is 1. The maximum atomic E-state index is 11.6. The number of fused-ring (bicyclic) bond motifs is 1. The Morgan fingerprint density at radius 2 is 2.33 bits per heavy atom. The molecule has 15 heavy (non-hydrogen) atoms. The van der Waals surface area contributed by atoms with Crippen LogP contribution in [0.3, 0.4) is 0 Å². The highest BCUT2D eigenvalue weighted by Crippen LogP contribution is 2.33. The fraction of sp³-hybridized carbons (Fsp3) is 0.600. The van der Waals surface area contributed by atoms with Crippen molar-refractivity contribution in [2.75, 3.05) is 5.32 Å². The van der Waals surface area contributed by atoms with Crippen molar-refractivity contribution in [2.24, 2.45) is 11.7 Å². The number of carbonyl (C=O) groups excluding carboxylic acids is 1. The SMILES string of the molecule is NC1CC1C(=O)Nc1nc2c(s1)CCC2. The third-order valence-electron chi connectivity index (χ3n) is 3.00. The largest absolute Gasteiger partial charge is 0.327 e. The van der Waals surface area contributed by atoms with Crippen LogP contribution in [0.4, 0.5) is 5.13 Å². The number of aromatic nitrogens is 1. The molecule has 0 aliphatic heterocycles. The smallest absolute Gasteiger partial charge is 0.230 e. The molecular weight excluding hydrogens is 210 g/mol. The molecule has 80 valence electrons. The highest BCUT2D eigenvalue weighted by atomic mass is 32.1. The van der Waals surface area contributed by atoms with Crippen molar-refractivity contribution in [1.29, 1.82) is 0 Å². The molecule has 1 amide bonds. The van der Waals surface area contributed by atoms with Gasteiger partial charge in [0.25, 0.3) is 0 Å². The number of amides is 1. The van der Waals surface area contributed by atoms with Gasteiger partial charge in [0.2, 0.25) is 5.91 Å². The van der Waals surface area contributed by atoms with Gasteiger partial charge in [-0.15, -0.1) is 11.3 Å². The van der Waals surface area contributed by atoms with Gasteiger partial charge in [-0.05, 0) is 25.7 Å². The monoisotopic (exact) mass is 223 g/mol. The first-order valence-electron chi connectivity index (χ1n) is 5.29. The van der Waals surface area contributed by atoms with E-state index >= 15 is 0 Å². The lowest BCUT2D eigenvalue weighted by molar-refractivity contribution is -0.117. The lowest BCUT2D eigenvalue weighted by Gasteiger charge is -1.98. The minimum Gasteiger partial charge on any atom is -0.327 e. The first kappa shape index (κ1) is 9.30. The third-order valence-corrected chi connectivity index (χ3v) is 4.08. The number of nitrogens with one attached hydrogen (secondary N) is 1. The molecule has 1 fully saturated rings. The second-order valence-corrected chi connectivity index (χ2v) is 5.32. The number of nitrogens with zero attached hydrogens (tertiary/aromatic N) is 1. The van der Waals surface area contributed by atoms with Crippen molar-refractivity contribution in [3.05, 3.63) is 10.6 Å². The number of nitrogens with two attached hydrogens (primary N) is 1. The molecule has 2 atom stereocenters. The molecule has 0 spiro atoms. The molecule has 1 aromatic heterocycles. The van der Waals surface area contributed by atoms with Gasteiger partial charge < -0.3 is 11.1 Å². The average Bonchev–Trinajstić information content (AvgIpc) is 2.58. The average molecular weight is 223 g/mol. The van der Waals surface area contributed by atoms with Gasteiger partial charge >= 0.3 is 0 Å². The number of hydrogen-bond donors (Lipinski definition) is 2. The van der Waals surface area contributed by atoms with Crippen molar-refractivity contribution in [3.63, 3.8) is 0 Å². The number of rotatable bonds is 2. The minimum absolute atomic E-state index is 0.0174. The molecule has 0 saturated heterocycles. The van der Waals surface area contributed by atoms with Crippen LogP contribution in [0, 0.1) is 5.92 Å². The zero-order valence-corrected chi connectivity index (χ0v) is 9.14. The van der Waals surface area contributed by atoms with E-state index in [2.05, 4.69) is 10.3 Å². The Labute approximate surface area is 91.9 Å². The first-order valence-corrected chi connectivity index (χ1v) is 6.11. The molecule has 5 heteroatoms. The molecule has 2 aliphatic carbocycles. The molecule has 0 bridgehead atoms. The molecule has 3 rings (SSSR count). The normalized spacial score (nSPS) is 27.5. The lowest BCUT2D eigenvalue weighted by Crippen LogP contribution is -2.18. The molecule has 1 saturated carbocycles. The Hall–Kier alpha value is -0.940. The van der Waals surface area contributed by atoms with E-state index < -0.39 is 0 Å². The van der Waals surface area contributed by atoms with Crippen LogP contribution >= 0.6 is 11.3 Å². The van der Waals surface area contributed by atoms with Crippen molar-refractivity contribution in [1.82, 2.24) is 4.98 Å². The van der Waals surface area contributed by atoms with E-state index in [1.807, 2.05) is 0 Å². The fourth-order valence-electron chi connectivity index (χ4n) is 1.96. The second-order valence-electron chi connectivity index (χ2n) is 4.24. The Kier molecular flexibility index (Phi) is 2.03. The predicted molar refractivity (Wildman–Crippen MR) is 58.9 cm³/mol. The van der Waals surface area contributed by atoms with Crippen LogP contribution in [0.15, 0.2) is 0 Å². The maximum absolute atomic E-state index is 11.6. The van der Waals surface area contributed by atoms with Crippen molar-refractivity contribution < 1.29 is 4.79 Å². The van der Waals surface area contributed by atoms with Gasteiger partial charge in [-0.25, -0.2) is 4.98 Å². The van der Waals surface area contributed by atoms with Gasteiger partial charge in [-0.3, -0.25) is 4.79 Å². The lowest BCUT2D eigenvalue weighted by atomic mass is 10.4. The Bertz CT molecular complexity index is 393. The summed E-state index contributed by atoms with van der Waals surface area (Å²) in [6, 6.07) is 0.0665. The number of aryl methyl sites for hydroxylation is 2. The molecule has 0 aromatic carbocycles. The van der Waals surface area contributed by atoms with E-state index in [-0.39, 0.29) is 17.9 Å². The van der Waals surface area contributed by atoms with Gasteiger partial charge in [0, 0.05) is 10.9 Å². The van der Waals surface area contributed by atoms with Crippen LogP contribution in [0.1, 0.15) is 23.4 Å². The summed E-state index contributed by atoms with van der Waals surface area (Å²) < 4.78 is 0. The molecule has 1 heterocycles. The molecule has 4 nitrogen and oxygen atoms in total. The summed E-state index contributed by atoms with van der Waals surface area (Å²) in [5.74, 6) is 0.0543. The summed E-state index contributed by atoms with van der Waals surface area (Å²) >= 11 is 1.61. The zero-order valence-electron chi connectivity index (χ0n) is 8.32. The maximum Gasteiger partial charge on any atom is 0.230 e. The van der Waals surface area contributed by atoms with Gasteiger partial charge in [0.05, 0.1) is 11.6 Å². The minimum atomic E-state index is 0.0174. The quantitative estimate of drug-likeness (QED) is 0.783. The van der Waals surface area contributed by atoms with Crippen molar-refractivity contribution in [3.8, 4) is 0 Å². The summed E-state index contributed by atoms with van der Waals surface area (Å²) in [5.41, 5.74) is 6.79. The van der Waals surface area contributed by atoms with Crippen LogP contribution in [0.5, 0.6) is 0 Å². The topological polar surface area (TPSA) is 68.0 Å². The van der Waals surface area contributed by atoms with Crippen LogP contribution in [0.2, 0.25) is 0 Å². The molecule has 3 N–H and O–H groups in total. The van der Waals surface area contributed by atoms with Gasteiger partial charge in [0.1, 0.15) is 0 Å². The molecule has 2 unspecified atom stereocenters. The van der Waals surface area contributed by atoms with E-state index in [1.165, 1.54) is 17.0 Å². The Balaban J connectivity index is 1.69. The van der Waals surface area contributed by atoms with Gasteiger partial charge in [-0.1, -0.05) is 0 Å². The standard InChI is InChI=1S/C10H13N3OS/c11-6-4-5(6)9(14)13-10-12-7-2-1-3-8(7)15-10/h5-6H,1-4,11H2,(H,12,13,14). The van der Waals surface area contributed by atoms with Crippen LogP contribution in [-0.4, -0.2) is 16.9 Å². The summed E-state index contributed by atoms with van der Waals surface area (Å²) in [6.07, 6.45) is 4.20. The van der Waals surface area contributed by atoms with E-state index in [9.17, 15) is 4.79 Å². The van der Waals surface area contributed by atoms with Gasteiger partial charge in [0.15, 0.2) is 5.13 Å². The van der Waals surface area contributed by atoms with Crippen LogP contribution < -0.4 is 11.1 Å². The second kappa shape index (κ2) is 3.28. The zero-order chi connectivity index (χ0) is 10.4. The van der Waals surface area contributed by atoms with E-state index in [0.29, 0.717) is 0 Å². The van der Waals surface area contributed by atoms with Crippen molar-refractivity contribution in [2.45, 2.75) is 31.7 Å². The summed E-state index contributed by atoms with van der Waals surface area (Å²) in [6.45, 7) is 0. The molecule has 2 aliphatic rings. The third kappa shape index (κ3) is 1.66. The Morgan fingerprint density at radius 1 is 1.53 bits per heavy atom. The number of thiazole rings is 1. The van der Waals surface area contributed by atoms with E-state index in [0.717, 1.165) is 24.4 Å².